The van der Waals surface area contributed by atoms with Gasteiger partial charge in [0.1, 0.15) is 7.05 Å². The molecular weight excluding hydrogens is 427 g/mol. The molecule has 0 N–H and O–H groups in total. The summed E-state index contributed by atoms with van der Waals surface area (Å²) in [5.41, 5.74) is 5.83. The van der Waals surface area contributed by atoms with Gasteiger partial charge >= 0.3 is 0 Å². The van der Waals surface area contributed by atoms with E-state index in [1.54, 1.807) is 0 Å². The van der Waals surface area contributed by atoms with Crippen molar-refractivity contribution in [1.82, 2.24) is 0 Å². The number of aryl methyl sites for hydroxylation is 2. The molecule has 0 atom stereocenters. The number of pyridine rings is 1. The smallest absolute Gasteiger partial charge is 0.168 e. The van der Waals surface area contributed by atoms with Crippen molar-refractivity contribution in [2.75, 3.05) is 0 Å². The third-order valence-electron chi connectivity index (χ3n) is 5.44. The van der Waals surface area contributed by atoms with Crippen molar-refractivity contribution in [1.29, 1.82) is 0 Å². The summed E-state index contributed by atoms with van der Waals surface area (Å²) in [5, 5.41) is 4.84. The number of benzene rings is 4. The topological polar surface area (TPSA) is 3.88 Å². The Morgan fingerprint density at radius 2 is 1.41 bits per heavy atom. The van der Waals surface area contributed by atoms with Crippen molar-refractivity contribution in [2.24, 2.45) is 7.05 Å². The summed E-state index contributed by atoms with van der Waals surface area (Å²) in [6, 6.07) is 34.8. The van der Waals surface area contributed by atoms with Crippen LogP contribution >= 0.6 is 0 Å². The Morgan fingerprint density at radius 3 is 2.21 bits per heavy atom. The Morgan fingerprint density at radius 1 is 0.724 bits per heavy atom. The first-order valence-electron chi connectivity index (χ1n) is 9.53. The van der Waals surface area contributed by atoms with Gasteiger partial charge in [-0.1, -0.05) is 71.8 Å². The van der Waals surface area contributed by atoms with E-state index in [2.05, 4.69) is 110 Å². The molecule has 0 bridgehead atoms. The average Bonchev–Trinajstić information content (AvgIpc) is 2.74. The molecular formula is C27H20NY-. The number of nitrogens with zero attached hydrogens (tertiary/aromatic N) is 1. The quantitative estimate of drug-likeness (QED) is 0.176. The molecule has 0 saturated carbocycles. The normalized spacial score (nSPS) is 10.8. The maximum atomic E-state index is 3.70. The maximum absolute atomic E-state index is 3.70. The van der Waals surface area contributed by atoms with Crippen molar-refractivity contribution in [3.8, 4) is 22.4 Å². The molecule has 5 rings (SSSR count). The van der Waals surface area contributed by atoms with Crippen LogP contribution in [-0.2, 0) is 39.8 Å². The Hall–Kier alpha value is -2.35. The van der Waals surface area contributed by atoms with E-state index in [0.29, 0.717) is 0 Å². The summed E-state index contributed by atoms with van der Waals surface area (Å²) < 4.78 is 2.17. The minimum Gasteiger partial charge on any atom is -0.210 e. The molecule has 0 aliphatic carbocycles. The molecule has 0 unspecified atom stereocenters. The number of rotatable bonds is 2. The van der Waals surface area contributed by atoms with Crippen LogP contribution in [-0.4, -0.2) is 0 Å². The van der Waals surface area contributed by atoms with Gasteiger partial charge in [-0.05, 0) is 6.07 Å². The van der Waals surface area contributed by atoms with E-state index in [9.17, 15) is 0 Å². The number of hydrogen-bond acceptors (Lipinski definition) is 0. The predicted octanol–water partition coefficient (Wildman–Crippen LogP) is 6.06. The maximum Gasteiger partial charge on any atom is 0.168 e. The van der Waals surface area contributed by atoms with Gasteiger partial charge in [-0.2, -0.15) is 29.3 Å². The molecule has 4 aromatic carbocycles. The zero-order valence-electron chi connectivity index (χ0n) is 16.6. The number of aromatic nitrogens is 1. The van der Waals surface area contributed by atoms with Gasteiger partial charge < -0.3 is 0 Å². The Balaban J connectivity index is 0.00000205. The molecule has 1 heterocycles. The fraction of sp³-hybridized carbons (Fsp3) is 0.0741. The zero-order valence-corrected chi connectivity index (χ0v) is 19.4. The van der Waals surface area contributed by atoms with Crippen molar-refractivity contribution in [3.05, 3.63) is 103 Å². The largest absolute Gasteiger partial charge is 0.210 e. The Labute approximate surface area is 196 Å². The monoisotopic (exact) mass is 447 g/mol. The first-order valence-corrected chi connectivity index (χ1v) is 9.53. The number of fused-ring (bicyclic) bond motifs is 3. The van der Waals surface area contributed by atoms with Crippen molar-refractivity contribution < 1.29 is 37.3 Å². The van der Waals surface area contributed by atoms with Crippen molar-refractivity contribution >= 4 is 21.5 Å². The molecule has 0 aliphatic heterocycles. The molecule has 0 amide bonds. The minimum absolute atomic E-state index is 0. The van der Waals surface area contributed by atoms with E-state index in [0.717, 1.165) is 16.5 Å². The second kappa shape index (κ2) is 8.18. The Kier molecular flexibility index (Phi) is 5.63. The molecule has 0 spiro atoms. The minimum atomic E-state index is 0. The van der Waals surface area contributed by atoms with Gasteiger partial charge in [0.15, 0.2) is 11.9 Å². The van der Waals surface area contributed by atoms with Crippen LogP contribution in [0.15, 0.2) is 85.1 Å². The van der Waals surface area contributed by atoms with Gasteiger partial charge in [-0.15, -0.1) is 28.5 Å². The third-order valence-corrected chi connectivity index (χ3v) is 5.44. The van der Waals surface area contributed by atoms with Crippen LogP contribution in [0.4, 0.5) is 0 Å². The molecule has 0 fully saturated rings. The molecule has 1 radical (unpaired) electrons. The predicted molar refractivity (Wildman–Crippen MR) is 116 cm³/mol. The van der Waals surface area contributed by atoms with Crippen molar-refractivity contribution in [2.45, 2.75) is 6.92 Å². The molecule has 5 aromatic rings. The van der Waals surface area contributed by atoms with Crippen LogP contribution in [0, 0.1) is 19.1 Å². The SMILES string of the molecule is Cc1cc[c-]c(-c2[c-]c3ccccc3c3ccccc23)c1-c1cccc[n+]1C.[Y]. The first kappa shape index (κ1) is 19.9. The third kappa shape index (κ3) is 3.43. The van der Waals surface area contributed by atoms with E-state index in [1.807, 2.05) is 6.07 Å². The van der Waals surface area contributed by atoms with Crippen LogP contribution in [0.3, 0.4) is 0 Å². The molecule has 0 saturated heterocycles. The standard InChI is InChI=1S/C27H20N.Y/c1-19-10-9-15-24(27(19)26-16-7-8-17-28(26)2)25-18-20-11-3-4-12-21(20)22-13-5-6-14-23(22)25;/h3-14,16-17H,1-2H3;/q-1;. The van der Waals surface area contributed by atoms with Gasteiger partial charge in [0.25, 0.3) is 0 Å². The van der Waals surface area contributed by atoms with Crippen LogP contribution in [0.2, 0.25) is 0 Å². The summed E-state index contributed by atoms with van der Waals surface area (Å²) in [7, 11) is 2.09. The molecule has 29 heavy (non-hydrogen) atoms. The second-order valence-corrected chi connectivity index (χ2v) is 7.20. The van der Waals surface area contributed by atoms with Gasteiger partial charge in [0.2, 0.25) is 0 Å². The Bertz CT molecular complexity index is 1340. The summed E-state index contributed by atoms with van der Waals surface area (Å²) in [5.74, 6) is 0. The molecule has 137 valence electrons. The van der Waals surface area contributed by atoms with Gasteiger partial charge in [0.05, 0.1) is 0 Å². The fourth-order valence-corrected chi connectivity index (χ4v) is 4.08. The van der Waals surface area contributed by atoms with Gasteiger partial charge in [-0.25, -0.2) is 4.57 Å². The summed E-state index contributed by atoms with van der Waals surface area (Å²) in [6.45, 7) is 2.17. The summed E-state index contributed by atoms with van der Waals surface area (Å²) in [6.07, 6.45) is 2.09. The van der Waals surface area contributed by atoms with Crippen LogP contribution in [0.1, 0.15) is 5.56 Å². The van der Waals surface area contributed by atoms with Crippen LogP contribution < -0.4 is 4.57 Å². The molecule has 1 nitrogen and oxygen atoms in total. The van der Waals surface area contributed by atoms with Crippen LogP contribution in [0.25, 0.3) is 43.9 Å². The molecule has 2 heteroatoms. The molecule has 1 aromatic heterocycles. The van der Waals surface area contributed by atoms with Gasteiger partial charge in [0, 0.05) is 38.8 Å². The van der Waals surface area contributed by atoms with Gasteiger partial charge in [-0.3, -0.25) is 0 Å². The zero-order chi connectivity index (χ0) is 19.1. The van der Waals surface area contributed by atoms with E-state index in [4.69, 9.17) is 0 Å². The van der Waals surface area contributed by atoms with Crippen LogP contribution in [0.5, 0.6) is 0 Å². The van der Waals surface area contributed by atoms with E-state index >= 15 is 0 Å². The fourth-order valence-electron chi connectivity index (χ4n) is 4.08. The summed E-state index contributed by atoms with van der Waals surface area (Å²) >= 11 is 0. The number of hydrogen-bond donors (Lipinski definition) is 0. The first-order chi connectivity index (χ1) is 13.7. The van der Waals surface area contributed by atoms with E-state index < -0.39 is 0 Å². The van der Waals surface area contributed by atoms with E-state index in [-0.39, 0.29) is 32.7 Å². The second-order valence-electron chi connectivity index (χ2n) is 7.20. The summed E-state index contributed by atoms with van der Waals surface area (Å²) in [4.78, 5) is 0. The van der Waals surface area contributed by atoms with Crippen molar-refractivity contribution in [3.63, 3.8) is 0 Å². The molecule has 0 aliphatic rings. The average molecular weight is 447 g/mol. The van der Waals surface area contributed by atoms with E-state index in [1.165, 1.54) is 33.0 Å².